The third-order valence-electron chi connectivity index (χ3n) is 5.51. The summed E-state index contributed by atoms with van der Waals surface area (Å²) >= 11 is 0. The number of halogens is 4. The molecule has 186 valence electrons. The molecule has 0 spiro atoms. The summed E-state index contributed by atoms with van der Waals surface area (Å²) in [6.07, 6.45) is 3.96. The number of rotatable bonds is 9. The Morgan fingerprint density at radius 1 is 1.06 bits per heavy atom. The first kappa shape index (κ1) is 25.4. The highest BCUT2D eigenvalue weighted by Crippen LogP contribution is 2.29. The van der Waals surface area contributed by atoms with Crippen molar-refractivity contribution in [3.63, 3.8) is 0 Å². The van der Waals surface area contributed by atoms with Gasteiger partial charge in [0, 0.05) is 44.4 Å². The van der Waals surface area contributed by atoms with Gasteiger partial charge in [0.15, 0.2) is 0 Å². The second-order valence-corrected chi connectivity index (χ2v) is 9.64. The Labute approximate surface area is 190 Å². The second-order valence-electron chi connectivity index (χ2n) is 7.74. The maximum Gasteiger partial charge on any atom is 0.387 e. The minimum absolute atomic E-state index is 0.0594. The molecule has 0 amide bonds. The smallest absolute Gasteiger partial charge is 0.387 e. The van der Waals surface area contributed by atoms with Gasteiger partial charge in [-0.05, 0) is 25.6 Å². The molecule has 3 rings (SSSR count). The van der Waals surface area contributed by atoms with E-state index in [0.717, 1.165) is 19.2 Å². The van der Waals surface area contributed by atoms with Crippen LogP contribution in [0.25, 0.3) is 0 Å². The zero-order valence-electron chi connectivity index (χ0n) is 18.2. The van der Waals surface area contributed by atoms with Crippen LogP contribution in [0.3, 0.4) is 0 Å². The quantitative estimate of drug-likeness (QED) is 0.490. The number of hydrogen-bond donors (Lipinski definition) is 1. The summed E-state index contributed by atoms with van der Waals surface area (Å²) < 4.78 is 93.0. The van der Waals surface area contributed by atoms with Gasteiger partial charge in [-0.15, -0.1) is 0 Å². The predicted molar refractivity (Wildman–Crippen MR) is 111 cm³/mol. The fourth-order valence-electron chi connectivity index (χ4n) is 3.79. The fourth-order valence-corrected chi connectivity index (χ4v) is 5.07. The second kappa shape index (κ2) is 10.8. The van der Waals surface area contributed by atoms with Crippen LogP contribution < -0.4 is 4.72 Å². The number of sulfonamides is 1. The van der Waals surface area contributed by atoms with Crippen molar-refractivity contribution in [3.8, 4) is 0 Å². The highest BCUT2D eigenvalue weighted by atomic mass is 32.2. The third-order valence-corrected chi connectivity index (χ3v) is 7.16. The van der Waals surface area contributed by atoms with Gasteiger partial charge in [-0.25, -0.2) is 8.42 Å². The SMILES string of the molecule is COC1=CCC(S(=O)(=O)NC2=CCC(OC(F)F)C(OC(F)F)=C2)C=C1N1CCN(C)CC1. The Hall–Kier alpha value is -2.25. The lowest BCUT2D eigenvalue weighted by Crippen LogP contribution is -2.45. The lowest BCUT2D eigenvalue weighted by Gasteiger charge is -2.37. The van der Waals surface area contributed by atoms with E-state index in [9.17, 15) is 26.0 Å². The van der Waals surface area contributed by atoms with E-state index in [4.69, 9.17) is 4.74 Å². The zero-order chi connectivity index (χ0) is 24.2. The largest absolute Gasteiger partial charge is 0.495 e. The molecule has 0 aromatic rings. The van der Waals surface area contributed by atoms with Gasteiger partial charge in [-0.3, -0.25) is 4.72 Å². The molecule has 2 aliphatic carbocycles. The van der Waals surface area contributed by atoms with Crippen molar-refractivity contribution in [3.05, 3.63) is 47.2 Å². The van der Waals surface area contributed by atoms with Crippen molar-refractivity contribution in [1.82, 2.24) is 14.5 Å². The third kappa shape index (κ3) is 6.64. The Balaban J connectivity index is 1.77. The Morgan fingerprint density at radius 2 is 1.76 bits per heavy atom. The van der Waals surface area contributed by atoms with E-state index in [2.05, 4.69) is 24.0 Å². The fraction of sp³-hybridized carbons (Fsp3) is 0.600. The minimum atomic E-state index is -4.00. The number of hydrogen-bond acceptors (Lipinski definition) is 7. The highest BCUT2D eigenvalue weighted by Gasteiger charge is 2.32. The molecule has 0 radical (unpaired) electrons. The van der Waals surface area contributed by atoms with Gasteiger partial charge in [0.25, 0.3) is 0 Å². The van der Waals surface area contributed by atoms with E-state index in [1.54, 1.807) is 12.2 Å². The molecular weight excluding hydrogens is 470 g/mol. The van der Waals surface area contributed by atoms with Gasteiger partial charge in [-0.1, -0.05) is 6.08 Å². The average molecular weight is 498 g/mol. The lowest BCUT2D eigenvalue weighted by molar-refractivity contribution is -0.180. The topological polar surface area (TPSA) is 80.3 Å². The first-order valence-electron chi connectivity index (χ1n) is 10.3. The van der Waals surface area contributed by atoms with Gasteiger partial charge in [0.1, 0.15) is 22.9 Å². The molecule has 3 aliphatic rings. The van der Waals surface area contributed by atoms with Gasteiger partial charge in [0.2, 0.25) is 10.0 Å². The summed E-state index contributed by atoms with van der Waals surface area (Å²) in [4.78, 5) is 4.22. The molecule has 0 bridgehead atoms. The van der Waals surface area contributed by atoms with E-state index in [-0.39, 0.29) is 18.5 Å². The lowest BCUT2D eigenvalue weighted by atomic mass is 10.1. The van der Waals surface area contributed by atoms with Gasteiger partial charge >= 0.3 is 13.2 Å². The van der Waals surface area contributed by atoms with Gasteiger partial charge in [-0.2, -0.15) is 17.6 Å². The molecule has 33 heavy (non-hydrogen) atoms. The maximum atomic E-state index is 13.1. The molecule has 0 aromatic heterocycles. The Morgan fingerprint density at radius 3 is 2.36 bits per heavy atom. The standard InChI is InChI=1S/C20H27F4N3O5S/c1-26-7-9-27(10-8-26)15-12-14(4-6-16(15)30-2)33(28,29)25-13-3-5-17(31-19(21)22)18(11-13)32-20(23)24/h3,6,11-12,14,17,19-20,25H,4-5,7-10H2,1-2H3. The van der Waals surface area contributed by atoms with Gasteiger partial charge in [0.05, 0.1) is 12.8 Å². The van der Waals surface area contributed by atoms with E-state index >= 15 is 0 Å². The van der Waals surface area contributed by atoms with E-state index in [0.29, 0.717) is 24.5 Å². The molecular formula is C20H27F4N3O5S. The number of ether oxygens (including phenoxy) is 3. The van der Waals surface area contributed by atoms with Crippen molar-refractivity contribution < 1.29 is 40.2 Å². The maximum absolute atomic E-state index is 13.1. The first-order chi connectivity index (χ1) is 15.6. The zero-order valence-corrected chi connectivity index (χ0v) is 19.0. The van der Waals surface area contributed by atoms with Crippen LogP contribution in [0, 0.1) is 0 Å². The van der Waals surface area contributed by atoms with Crippen LogP contribution in [0.5, 0.6) is 0 Å². The molecule has 1 aliphatic heterocycles. The average Bonchev–Trinajstić information content (AvgIpc) is 2.75. The van der Waals surface area contributed by atoms with Gasteiger partial charge < -0.3 is 24.0 Å². The van der Waals surface area contributed by atoms with Crippen molar-refractivity contribution in [2.24, 2.45) is 0 Å². The number of piperazine rings is 1. The van der Waals surface area contributed by atoms with Crippen LogP contribution in [0.15, 0.2) is 47.2 Å². The molecule has 13 heteroatoms. The molecule has 0 aromatic carbocycles. The predicted octanol–water partition coefficient (Wildman–Crippen LogP) is 2.36. The van der Waals surface area contributed by atoms with Crippen molar-refractivity contribution in [1.29, 1.82) is 0 Å². The Bertz CT molecular complexity index is 928. The molecule has 1 N–H and O–H groups in total. The number of nitrogens with one attached hydrogen (secondary N) is 1. The van der Waals surface area contributed by atoms with Crippen molar-refractivity contribution in [2.45, 2.75) is 37.4 Å². The molecule has 2 atom stereocenters. The van der Waals surface area contributed by atoms with Crippen LogP contribution in [-0.4, -0.2) is 83.1 Å². The van der Waals surface area contributed by atoms with Crippen LogP contribution in [0.1, 0.15) is 12.8 Å². The number of alkyl halides is 4. The van der Waals surface area contributed by atoms with Crippen molar-refractivity contribution in [2.75, 3.05) is 40.3 Å². The number of allylic oxidation sites excluding steroid dienone is 2. The van der Waals surface area contributed by atoms with Crippen LogP contribution in [-0.2, 0) is 24.2 Å². The van der Waals surface area contributed by atoms with E-state index in [1.807, 2.05) is 7.05 Å². The Kier molecular flexibility index (Phi) is 8.29. The van der Waals surface area contributed by atoms with E-state index in [1.165, 1.54) is 13.2 Å². The number of likely N-dealkylation sites (N-methyl/N-ethyl adjacent to an activating group) is 1. The summed E-state index contributed by atoms with van der Waals surface area (Å²) in [6, 6.07) is 0. The normalized spacial score (nSPS) is 24.8. The molecule has 1 saturated heterocycles. The van der Waals surface area contributed by atoms with E-state index < -0.39 is 40.4 Å². The molecule has 8 nitrogen and oxygen atoms in total. The van der Waals surface area contributed by atoms with Crippen LogP contribution in [0.4, 0.5) is 17.6 Å². The number of methoxy groups -OCH3 is 1. The molecule has 0 saturated carbocycles. The molecule has 1 fully saturated rings. The summed E-state index contributed by atoms with van der Waals surface area (Å²) in [6.45, 7) is -3.43. The first-order valence-corrected chi connectivity index (χ1v) is 11.9. The summed E-state index contributed by atoms with van der Waals surface area (Å²) in [5, 5.41) is -0.949. The summed E-state index contributed by atoms with van der Waals surface area (Å²) in [5.41, 5.74) is 0.614. The number of nitrogens with zero attached hydrogens (tertiary/aromatic N) is 2. The summed E-state index contributed by atoms with van der Waals surface area (Å²) in [5.74, 6) is 0.00627. The molecule has 1 heterocycles. The van der Waals surface area contributed by atoms with Crippen LogP contribution in [0.2, 0.25) is 0 Å². The van der Waals surface area contributed by atoms with Crippen molar-refractivity contribution >= 4 is 10.0 Å². The van der Waals surface area contributed by atoms with Crippen LogP contribution >= 0.6 is 0 Å². The minimum Gasteiger partial charge on any atom is -0.495 e. The molecule has 2 unspecified atom stereocenters. The monoisotopic (exact) mass is 497 g/mol. The summed E-state index contributed by atoms with van der Waals surface area (Å²) in [7, 11) is -0.476. The highest BCUT2D eigenvalue weighted by molar-refractivity contribution is 7.90.